The number of carbonyl (C=O) groups excluding carboxylic acids is 1. The number of ether oxygens (including phenoxy) is 1. The van der Waals surface area contributed by atoms with Crippen molar-refractivity contribution in [2.24, 2.45) is 5.92 Å². The zero-order chi connectivity index (χ0) is 18.0. The number of rotatable bonds is 5. The fourth-order valence-corrected chi connectivity index (χ4v) is 2.81. The average molecular weight is 349 g/mol. The van der Waals surface area contributed by atoms with Gasteiger partial charge in [0, 0.05) is 11.6 Å². The van der Waals surface area contributed by atoms with Crippen LogP contribution in [-0.2, 0) is 11.0 Å². The highest BCUT2D eigenvalue weighted by atomic mass is 19.4. The molecule has 6 heteroatoms. The first-order valence-corrected chi connectivity index (χ1v) is 8.09. The molecule has 0 aromatic heterocycles. The molecular formula is C19H18F3NO2. The lowest BCUT2D eigenvalue weighted by Gasteiger charge is -2.08. The maximum atomic E-state index is 12.6. The lowest BCUT2D eigenvalue weighted by atomic mass is 10.1. The van der Waals surface area contributed by atoms with E-state index in [2.05, 4.69) is 5.32 Å². The fraction of sp³-hybridized carbons (Fsp3) is 0.316. The van der Waals surface area contributed by atoms with Crippen LogP contribution in [0.3, 0.4) is 0 Å². The number of halogens is 3. The maximum Gasteiger partial charge on any atom is 0.416 e. The van der Waals surface area contributed by atoms with E-state index in [0.717, 1.165) is 23.4 Å². The van der Waals surface area contributed by atoms with E-state index in [9.17, 15) is 18.0 Å². The lowest BCUT2D eigenvalue weighted by molar-refractivity contribution is -0.137. The standard InChI is InChI=1S/C19H18F3NO2/c1-2-25-15-9-7-14(8-10-15)23-18(24)17-11-16(17)12-3-5-13(6-4-12)19(20,21)22/h3-10,16-17H,2,11H2,1H3,(H,23,24). The largest absolute Gasteiger partial charge is 0.494 e. The third kappa shape index (κ3) is 4.13. The highest BCUT2D eigenvalue weighted by Gasteiger charge is 2.44. The highest BCUT2D eigenvalue weighted by molar-refractivity contribution is 5.95. The summed E-state index contributed by atoms with van der Waals surface area (Å²) in [4.78, 5) is 12.3. The van der Waals surface area contributed by atoms with E-state index in [0.29, 0.717) is 18.7 Å². The first kappa shape index (κ1) is 17.3. The average Bonchev–Trinajstić information content (AvgIpc) is 3.37. The van der Waals surface area contributed by atoms with Crippen molar-refractivity contribution in [3.63, 3.8) is 0 Å². The van der Waals surface area contributed by atoms with Crippen LogP contribution in [0.25, 0.3) is 0 Å². The zero-order valence-electron chi connectivity index (χ0n) is 13.6. The second kappa shape index (κ2) is 6.78. The van der Waals surface area contributed by atoms with Gasteiger partial charge in [-0.3, -0.25) is 4.79 Å². The summed E-state index contributed by atoms with van der Waals surface area (Å²) >= 11 is 0. The molecule has 0 saturated heterocycles. The van der Waals surface area contributed by atoms with Gasteiger partial charge in [-0.25, -0.2) is 0 Å². The minimum atomic E-state index is -4.34. The number of hydrogen-bond acceptors (Lipinski definition) is 2. The summed E-state index contributed by atoms with van der Waals surface area (Å²) in [6.45, 7) is 2.47. The molecule has 0 radical (unpaired) electrons. The summed E-state index contributed by atoms with van der Waals surface area (Å²) in [5, 5.41) is 2.83. The molecule has 2 atom stereocenters. The van der Waals surface area contributed by atoms with Crippen molar-refractivity contribution in [3.8, 4) is 5.75 Å². The number of nitrogens with one attached hydrogen (secondary N) is 1. The fourth-order valence-electron chi connectivity index (χ4n) is 2.81. The van der Waals surface area contributed by atoms with Crippen LogP contribution in [0.1, 0.15) is 30.4 Å². The van der Waals surface area contributed by atoms with Gasteiger partial charge in [0.1, 0.15) is 5.75 Å². The summed E-state index contributed by atoms with van der Waals surface area (Å²) in [6.07, 6.45) is -3.69. The predicted octanol–water partition coefficient (Wildman–Crippen LogP) is 4.85. The quantitative estimate of drug-likeness (QED) is 0.838. The molecule has 0 bridgehead atoms. The van der Waals surface area contributed by atoms with Gasteiger partial charge in [-0.2, -0.15) is 13.2 Å². The Labute approximate surface area is 143 Å². The Balaban J connectivity index is 1.58. The Morgan fingerprint density at radius 2 is 1.76 bits per heavy atom. The molecule has 1 aliphatic rings. The minimum Gasteiger partial charge on any atom is -0.494 e. The first-order valence-electron chi connectivity index (χ1n) is 8.09. The summed E-state index contributed by atoms with van der Waals surface area (Å²) < 4.78 is 43.1. The highest BCUT2D eigenvalue weighted by Crippen LogP contribution is 2.48. The molecule has 2 aromatic carbocycles. The van der Waals surface area contributed by atoms with E-state index >= 15 is 0 Å². The molecule has 1 N–H and O–H groups in total. The van der Waals surface area contributed by atoms with Gasteiger partial charge >= 0.3 is 6.18 Å². The molecule has 0 heterocycles. The van der Waals surface area contributed by atoms with Crippen LogP contribution in [0, 0.1) is 5.92 Å². The van der Waals surface area contributed by atoms with Gasteiger partial charge < -0.3 is 10.1 Å². The van der Waals surface area contributed by atoms with Crippen LogP contribution in [0.2, 0.25) is 0 Å². The van der Waals surface area contributed by atoms with E-state index in [1.807, 2.05) is 6.92 Å². The Hall–Kier alpha value is -2.50. The maximum absolute atomic E-state index is 12.6. The van der Waals surface area contributed by atoms with Crippen molar-refractivity contribution in [1.82, 2.24) is 0 Å². The topological polar surface area (TPSA) is 38.3 Å². The van der Waals surface area contributed by atoms with Crippen LogP contribution >= 0.6 is 0 Å². The first-order chi connectivity index (χ1) is 11.9. The van der Waals surface area contributed by atoms with Gasteiger partial charge in [0.25, 0.3) is 0 Å². The van der Waals surface area contributed by atoms with Gasteiger partial charge in [-0.1, -0.05) is 12.1 Å². The van der Waals surface area contributed by atoms with Gasteiger partial charge in [0.15, 0.2) is 0 Å². The van der Waals surface area contributed by atoms with Crippen molar-refractivity contribution in [2.45, 2.75) is 25.4 Å². The zero-order valence-corrected chi connectivity index (χ0v) is 13.6. The van der Waals surface area contributed by atoms with Crippen LogP contribution in [0.5, 0.6) is 5.75 Å². The van der Waals surface area contributed by atoms with Crippen LogP contribution in [-0.4, -0.2) is 12.5 Å². The number of benzene rings is 2. The summed E-state index contributed by atoms with van der Waals surface area (Å²) in [7, 11) is 0. The normalized spacial score (nSPS) is 19.4. The van der Waals surface area contributed by atoms with Crippen molar-refractivity contribution in [2.75, 3.05) is 11.9 Å². The molecule has 2 unspecified atom stereocenters. The molecule has 1 amide bonds. The molecule has 2 aromatic rings. The summed E-state index contributed by atoms with van der Waals surface area (Å²) in [5.74, 6) is 0.386. The molecule has 1 aliphatic carbocycles. The Kier molecular flexibility index (Phi) is 4.70. The number of amides is 1. The van der Waals surface area contributed by atoms with E-state index in [1.54, 1.807) is 24.3 Å². The van der Waals surface area contributed by atoms with Gasteiger partial charge in [0.05, 0.1) is 12.2 Å². The van der Waals surface area contributed by atoms with E-state index in [-0.39, 0.29) is 17.7 Å². The Bertz CT molecular complexity index is 739. The minimum absolute atomic E-state index is 0.0232. The lowest BCUT2D eigenvalue weighted by Crippen LogP contribution is -2.14. The van der Waals surface area contributed by atoms with Crippen molar-refractivity contribution in [1.29, 1.82) is 0 Å². The van der Waals surface area contributed by atoms with E-state index in [1.165, 1.54) is 12.1 Å². The Morgan fingerprint density at radius 3 is 2.32 bits per heavy atom. The molecule has 25 heavy (non-hydrogen) atoms. The predicted molar refractivity (Wildman–Crippen MR) is 88.5 cm³/mol. The molecule has 3 rings (SSSR count). The Morgan fingerprint density at radius 1 is 1.12 bits per heavy atom. The van der Waals surface area contributed by atoms with Crippen LogP contribution in [0.4, 0.5) is 18.9 Å². The van der Waals surface area contributed by atoms with Crippen molar-refractivity contribution in [3.05, 3.63) is 59.7 Å². The van der Waals surface area contributed by atoms with Crippen molar-refractivity contribution < 1.29 is 22.7 Å². The number of carbonyl (C=O) groups is 1. The number of alkyl halides is 3. The van der Waals surface area contributed by atoms with Crippen molar-refractivity contribution >= 4 is 11.6 Å². The summed E-state index contributed by atoms with van der Waals surface area (Å²) in [6, 6.07) is 12.1. The van der Waals surface area contributed by atoms with Crippen LogP contribution in [0.15, 0.2) is 48.5 Å². The molecular weight excluding hydrogens is 331 g/mol. The van der Waals surface area contributed by atoms with Gasteiger partial charge in [0.2, 0.25) is 5.91 Å². The molecule has 3 nitrogen and oxygen atoms in total. The molecule has 1 saturated carbocycles. The monoisotopic (exact) mass is 349 g/mol. The van der Waals surface area contributed by atoms with E-state index in [4.69, 9.17) is 4.74 Å². The second-order valence-electron chi connectivity index (χ2n) is 6.02. The summed E-state index contributed by atoms with van der Waals surface area (Å²) in [5.41, 5.74) is 0.763. The number of anilines is 1. The molecule has 0 aliphatic heterocycles. The number of hydrogen-bond donors (Lipinski definition) is 1. The van der Waals surface area contributed by atoms with Crippen LogP contribution < -0.4 is 10.1 Å². The third-order valence-corrected chi connectivity index (χ3v) is 4.23. The molecule has 132 valence electrons. The third-order valence-electron chi connectivity index (χ3n) is 4.23. The van der Waals surface area contributed by atoms with Gasteiger partial charge in [-0.05, 0) is 61.2 Å². The molecule has 0 spiro atoms. The van der Waals surface area contributed by atoms with Gasteiger partial charge in [-0.15, -0.1) is 0 Å². The molecule has 1 fully saturated rings. The SMILES string of the molecule is CCOc1ccc(NC(=O)C2CC2c2ccc(C(F)(F)F)cc2)cc1. The van der Waals surface area contributed by atoms with E-state index < -0.39 is 11.7 Å². The smallest absolute Gasteiger partial charge is 0.416 e. The second-order valence-corrected chi connectivity index (χ2v) is 6.02.